The van der Waals surface area contributed by atoms with E-state index in [-0.39, 0.29) is 5.91 Å². The molecule has 1 aromatic rings. The van der Waals surface area contributed by atoms with Gasteiger partial charge in [0, 0.05) is 30.9 Å². The zero-order valence-corrected chi connectivity index (χ0v) is 9.84. The topological polar surface area (TPSA) is 67.2 Å². The Hall–Kier alpha value is -1.71. The quantitative estimate of drug-likeness (QED) is 0.660. The maximum Gasteiger partial charge on any atom is 0.221 e. The second-order valence-electron chi connectivity index (χ2n) is 3.65. The number of benzene rings is 1. The monoisotopic (exact) mass is 221 g/mol. The van der Waals surface area contributed by atoms with Crippen molar-refractivity contribution in [3.05, 3.63) is 23.8 Å². The van der Waals surface area contributed by atoms with E-state index in [9.17, 15) is 4.79 Å². The van der Waals surface area contributed by atoms with Crippen LogP contribution in [0.4, 0.5) is 11.4 Å². The number of hydrogen-bond acceptors (Lipinski definition) is 3. The zero-order chi connectivity index (χ0) is 12.0. The van der Waals surface area contributed by atoms with Gasteiger partial charge >= 0.3 is 0 Å². The average molecular weight is 221 g/mol. The molecule has 88 valence electrons. The molecule has 0 heterocycles. The number of hydrogen-bond donors (Lipinski definition) is 3. The zero-order valence-electron chi connectivity index (χ0n) is 9.84. The van der Waals surface area contributed by atoms with Gasteiger partial charge in [-0.05, 0) is 31.5 Å². The molecule has 0 spiro atoms. The molecule has 0 radical (unpaired) electrons. The summed E-state index contributed by atoms with van der Waals surface area (Å²) in [6, 6.07) is 5.73. The second-order valence-corrected chi connectivity index (χ2v) is 3.65. The first-order valence-electron chi connectivity index (χ1n) is 5.50. The Morgan fingerprint density at radius 1 is 1.44 bits per heavy atom. The van der Waals surface area contributed by atoms with Crippen LogP contribution in [-0.2, 0) is 4.79 Å². The van der Waals surface area contributed by atoms with E-state index in [2.05, 4.69) is 10.6 Å². The summed E-state index contributed by atoms with van der Waals surface area (Å²) in [6.07, 6.45) is 0.474. The standard InChI is InChI=1S/C12H19N3O/c1-3-14-12(16)7-8-15-11-6-4-5-10(13)9(11)2/h4-6,15H,3,7-8,13H2,1-2H3,(H,14,16). The SMILES string of the molecule is CCNC(=O)CCNc1cccc(N)c1C. The average Bonchev–Trinajstić information content (AvgIpc) is 2.25. The van der Waals surface area contributed by atoms with Gasteiger partial charge in [0.25, 0.3) is 0 Å². The summed E-state index contributed by atoms with van der Waals surface area (Å²) in [7, 11) is 0. The highest BCUT2D eigenvalue weighted by molar-refractivity contribution is 5.76. The second kappa shape index (κ2) is 6.00. The minimum absolute atomic E-state index is 0.0663. The lowest BCUT2D eigenvalue weighted by atomic mass is 10.1. The third-order valence-electron chi connectivity index (χ3n) is 2.42. The van der Waals surface area contributed by atoms with Crippen LogP contribution < -0.4 is 16.4 Å². The normalized spacial score (nSPS) is 9.88. The highest BCUT2D eigenvalue weighted by Gasteiger charge is 2.02. The molecule has 0 saturated carbocycles. The third-order valence-corrected chi connectivity index (χ3v) is 2.42. The van der Waals surface area contributed by atoms with Crippen LogP contribution in [0.2, 0.25) is 0 Å². The fourth-order valence-corrected chi connectivity index (χ4v) is 1.44. The third kappa shape index (κ3) is 3.46. The number of nitrogens with two attached hydrogens (primary N) is 1. The van der Waals surface area contributed by atoms with Gasteiger partial charge in [-0.3, -0.25) is 4.79 Å². The van der Waals surface area contributed by atoms with E-state index in [0.717, 1.165) is 16.9 Å². The molecule has 0 saturated heterocycles. The van der Waals surface area contributed by atoms with E-state index in [1.54, 1.807) is 0 Å². The van der Waals surface area contributed by atoms with Gasteiger partial charge in [-0.25, -0.2) is 0 Å². The Morgan fingerprint density at radius 2 is 2.19 bits per heavy atom. The maximum atomic E-state index is 11.2. The van der Waals surface area contributed by atoms with Gasteiger partial charge in [0.2, 0.25) is 5.91 Å². The summed E-state index contributed by atoms with van der Waals surface area (Å²) in [6.45, 7) is 5.17. The number of nitrogens with one attached hydrogen (secondary N) is 2. The van der Waals surface area contributed by atoms with Crippen molar-refractivity contribution in [1.82, 2.24) is 5.32 Å². The van der Waals surface area contributed by atoms with E-state index in [0.29, 0.717) is 19.5 Å². The fourth-order valence-electron chi connectivity index (χ4n) is 1.44. The number of carbonyl (C=O) groups excluding carboxylic acids is 1. The van der Waals surface area contributed by atoms with Gasteiger partial charge in [-0.1, -0.05) is 6.07 Å². The van der Waals surface area contributed by atoms with E-state index >= 15 is 0 Å². The van der Waals surface area contributed by atoms with Gasteiger partial charge in [0.1, 0.15) is 0 Å². The van der Waals surface area contributed by atoms with Crippen LogP contribution >= 0.6 is 0 Å². The summed E-state index contributed by atoms with van der Waals surface area (Å²) < 4.78 is 0. The van der Waals surface area contributed by atoms with Crippen molar-refractivity contribution < 1.29 is 4.79 Å². The van der Waals surface area contributed by atoms with Crippen molar-refractivity contribution >= 4 is 17.3 Å². The van der Waals surface area contributed by atoms with Crippen LogP contribution in [0.15, 0.2) is 18.2 Å². The molecule has 1 aromatic carbocycles. The molecular weight excluding hydrogens is 202 g/mol. The van der Waals surface area contributed by atoms with E-state index in [1.165, 1.54) is 0 Å². The maximum absolute atomic E-state index is 11.2. The van der Waals surface area contributed by atoms with Crippen LogP contribution in [0.5, 0.6) is 0 Å². The number of carbonyl (C=O) groups is 1. The molecule has 0 unspecified atom stereocenters. The first kappa shape index (κ1) is 12.4. The lowest BCUT2D eigenvalue weighted by Gasteiger charge is -2.10. The van der Waals surface area contributed by atoms with Crippen molar-refractivity contribution in [3.63, 3.8) is 0 Å². The van der Waals surface area contributed by atoms with E-state index < -0.39 is 0 Å². The summed E-state index contributed by atoms with van der Waals surface area (Å²) in [5, 5.41) is 5.96. The lowest BCUT2D eigenvalue weighted by Crippen LogP contribution is -2.24. The van der Waals surface area contributed by atoms with E-state index in [1.807, 2.05) is 32.0 Å². The summed E-state index contributed by atoms with van der Waals surface area (Å²) >= 11 is 0. The summed E-state index contributed by atoms with van der Waals surface area (Å²) in [4.78, 5) is 11.2. The van der Waals surface area contributed by atoms with Gasteiger partial charge in [0.15, 0.2) is 0 Å². The molecule has 1 amide bonds. The van der Waals surface area contributed by atoms with Crippen LogP contribution in [0.3, 0.4) is 0 Å². The van der Waals surface area contributed by atoms with Crippen molar-refractivity contribution in [1.29, 1.82) is 0 Å². The highest BCUT2D eigenvalue weighted by Crippen LogP contribution is 2.20. The molecule has 0 aliphatic heterocycles. The Kier molecular flexibility index (Phi) is 4.64. The molecular formula is C12H19N3O. The van der Waals surface area contributed by atoms with Gasteiger partial charge < -0.3 is 16.4 Å². The highest BCUT2D eigenvalue weighted by atomic mass is 16.1. The predicted octanol–water partition coefficient (Wildman–Crippen LogP) is 1.52. The van der Waals surface area contributed by atoms with Crippen LogP contribution in [0.1, 0.15) is 18.9 Å². The Labute approximate surface area is 96.2 Å². The number of rotatable bonds is 5. The van der Waals surface area contributed by atoms with Crippen molar-refractivity contribution in [2.45, 2.75) is 20.3 Å². The molecule has 0 atom stereocenters. The first-order valence-corrected chi connectivity index (χ1v) is 5.50. The van der Waals surface area contributed by atoms with Crippen LogP contribution in [0.25, 0.3) is 0 Å². The minimum atomic E-state index is 0.0663. The van der Waals surface area contributed by atoms with Crippen molar-refractivity contribution in [2.24, 2.45) is 0 Å². The molecule has 0 aromatic heterocycles. The lowest BCUT2D eigenvalue weighted by molar-refractivity contribution is -0.120. The van der Waals surface area contributed by atoms with E-state index in [4.69, 9.17) is 5.73 Å². The fraction of sp³-hybridized carbons (Fsp3) is 0.417. The number of nitrogen functional groups attached to an aromatic ring is 1. The first-order chi connectivity index (χ1) is 7.65. The largest absolute Gasteiger partial charge is 0.398 e. The smallest absolute Gasteiger partial charge is 0.221 e. The van der Waals surface area contributed by atoms with Gasteiger partial charge in [0.05, 0.1) is 0 Å². The number of amides is 1. The molecule has 0 bridgehead atoms. The predicted molar refractivity (Wildman–Crippen MR) is 67.4 cm³/mol. The summed E-state index contributed by atoms with van der Waals surface area (Å²) in [5.74, 6) is 0.0663. The van der Waals surface area contributed by atoms with Gasteiger partial charge in [-0.15, -0.1) is 0 Å². The molecule has 4 N–H and O–H groups in total. The van der Waals surface area contributed by atoms with Crippen molar-refractivity contribution in [2.75, 3.05) is 24.1 Å². The molecule has 16 heavy (non-hydrogen) atoms. The molecule has 0 aliphatic carbocycles. The van der Waals surface area contributed by atoms with Crippen LogP contribution in [0, 0.1) is 6.92 Å². The minimum Gasteiger partial charge on any atom is -0.398 e. The molecule has 4 heteroatoms. The molecule has 4 nitrogen and oxygen atoms in total. The van der Waals surface area contributed by atoms with Crippen LogP contribution in [-0.4, -0.2) is 19.0 Å². The Balaban J connectivity index is 2.43. The number of anilines is 2. The van der Waals surface area contributed by atoms with Gasteiger partial charge in [-0.2, -0.15) is 0 Å². The summed E-state index contributed by atoms with van der Waals surface area (Å²) in [5.41, 5.74) is 8.56. The molecule has 0 fully saturated rings. The Bertz CT molecular complexity index is 363. The molecule has 1 rings (SSSR count). The Morgan fingerprint density at radius 3 is 2.88 bits per heavy atom. The molecule has 0 aliphatic rings. The van der Waals surface area contributed by atoms with Crippen molar-refractivity contribution in [3.8, 4) is 0 Å².